The summed E-state index contributed by atoms with van der Waals surface area (Å²) < 4.78 is 5.43. The van der Waals surface area contributed by atoms with Crippen LogP contribution in [0.1, 0.15) is 24.6 Å². The van der Waals surface area contributed by atoms with Crippen molar-refractivity contribution in [1.29, 1.82) is 5.26 Å². The maximum atomic E-state index is 8.64. The van der Waals surface area contributed by atoms with Crippen LogP contribution in [0.4, 0.5) is 0 Å². The van der Waals surface area contributed by atoms with Crippen molar-refractivity contribution in [3.8, 4) is 6.07 Å². The van der Waals surface area contributed by atoms with Gasteiger partial charge in [0, 0.05) is 6.20 Å². The molecule has 0 amide bonds. The molecule has 1 aromatic rings. The van der Waals surface area contributed by atoms with Gasteiger partial charge in [-0.15, -0.1) is 6.58 Å². The molecule has 0 aliphatic heterocycles. The van der Waals surface area contributed by atoms with E-state index in [1.807, 2.05) is 19.1 Å². The first-order chi connectivity index (χ1) is 7.22. The predicted octanol–water partition coefficient (Wildman–Crippen LogP) is 2.44. The van der Waals surface area contributed by atoms with Crippen LogP contribution in [0.25, 0.3) is 0 Å². The Morgan fingerprint density at radius 1 is 1.67 bits per heavy atom. The van der Waals surface area contributed by atoms with Crippen molar-refractivity contribution in [2.75, 3.05) is 6.61 Å². The number of rotatable bonds is 5. The minimum Gasteiger partial charge on any atom is -0.376 e. The van der Waals surface area contributed by atoms with Gasteiger partial charge in [-0.2, -0.15) is 5.26 Å². The van der Waals surface area contributed by atoms with E-state index in [-0.39, 0.29) is 0 Å². The Morgan fingerprint density at radius 3 is 3.13 bits per heavy atom. The zero-order chi connectivity index (χ0) is 11.1. The van der Waals surface area contributed by atoms with Crippen molar-refractivity contribution >= 4 is 0 Å². The third kappa shape index (κ3) is 4.39. The molecule has 3 heteroatoms. The van der Waals surface area contributed by atoms with E-state index in [1.54, 1.807) is 12.3 Å². The summed E-state index contributed by atoms with van der Waals surface area (Å²) in [4.78, 5) is 3.88. The molecule has 1 rings (SSSR count). The van der Waals surface area contributed by atoms with E-state index >= 15 is 0 Å². The van der Waals surface area contributed by atoms with Crippen molar-refractivity contribution in [2.45, 2.75) is 20.0 Å². The molecule has 0 unspecified atom stereocenters. The van der Waals surface area contributed by atoms with E-state index in [0.29, 0.717) is 18.9 Å². The molecule has 0 aliphatic rings. The van der Waals surface area contributed by atoms with E-state index in [0.717, 1.165) is 17.6 Å². The molecule has 15 heavy (non-hydrogen) atoms. The Morgan fingerprint density at radius 2 is 2.47 bits per heavy atom. The zero-order valence-electron chi connectivity index (χ0n) is 8.86. The molecule has 0 bridgehead atoms. The van der Waals surface area contributed by atoms with Gasteiger partial charge in [-0.1, -0.05) is 5.57 Å². The van der Waals surface area contributed by atoms with Crippen LogP contribution >= 0.6 is 0 Å². The third-order valence-corrected chi connectivity index (χ3v) is 1.88. The first-order valence-corrected chi connectivity index (χ1v) is 4.79. The summed E-state index contributed by atoms with van der Waals surface area (Å²) in [6.45, 7) is 6.95. The van der Waals surface area contributed by atoms with Crippen LogP contribution in [0.5, 0.6) is 0 Å². The number of nitrogens with zero attached hydrogens (tertiary/aromatic N) is 2. The molecule has 0 fully saturated rings. The van der Waals surface area contributed by atoms with Crippen LogP contribution in [0.15, 0.2) is 30.5 Å². The summed E-state index contributed by atoms with van der Waals surface area (Å²) in [5, 5.41) is 8.64. The van der Waals surface area contributed by atoms with Crippen LogP contribution in [-0.2, 0) is 11.3 Å². The minimum atomic E-state index is 0.427. The molecule has 78 valence electrons. The van der Waals surface area contributed by atoms with E-state index in [4.69, 9.17) is 10.00 Å². The van der Waals surface area contributed by atoms with E-state index < -0.39 is 0 Å². The molecule has 0 spiro atoms. The van der Waals surface area contributed by atoms with Gasteiger partial charge in [0.2, 0.25) is 0 Å². The standard InChI is InChI=1S/C12H14N2O/c1-10(2)4-6-15-9-11-3-5-14-12(7-11)8-13/h3,5,7H,1,4,6,9H2,2H3. The fourth-order valence-corrected chi connectivity index (χ4v) is 1.06. The summed E-state index contributed by atoms with van der Waals surface area (Å²) in [7, 11) is 0. The number of pyridine rings is 1. The van der Waals surface area contributed by atoms with Crippen LogP contribution in [0.2, 0.25) is 0 Å². The third-order valence-electron chi connectivity index (χ3n) is 1.88. The lowest BCUT2D eigenvalue weighted by atomic mass is 10.2. The Labute approximate surface area is 90.0 Å². The van der Waals surface area contributed by atoms with Crippen LogP contribution in [0, 0.1) is 11.3 Å². The molecule has 0 N–H and O–H groups in total. The van der Waals surface area contributed by atoms with Gasteiger partial charge in [-0.25, -0.2) is 4.98 Å². The van der Waals surface area contributed by atoms with Crippen LogP contribution in [0.3, 0.4) is 0 Å². The fourth-order valence-electron chi connectivity index (χ4n) is 1.06. The maximum Gasteiger partial charge on any atom is 0.140 e. The minimum absolute atomic E-state index is 0.427. The Kier molecular flexibility index (Phi) is 4.52. The van der Waals surface area contributed by atoms with Gasteiger partial charge in [-0.3, -0.25) is 0 Å². The van der Waals surface area contributed by atoms with Gasteiger partial charge in [0.15, 0.2) is 0 Å². The SMILES string of the molecule is C=C(C)CCOCc1ccnc(C#N)c1. The van der Waals surface area contributed by atoms with Crippen LogP contribution in [-0.4, -0.2) is 11.6 Å². The molecular weight excluding hydrogens is 188 g/mol. The molecule has 0 aliphatic carbocycles. The Balaban J connectivity index is 2.38. The van der Waals surface area contributed by atoms with Gasteiger partial charge in [0.1, 0.15) is 11.8 Å². The average Bonchev–Trinajstić information content (AvgIpc) is 2.24. The van der Waals surface area contributed by atoms with Crippen molar-refractivity contribution in [2.24, 2.45) is 0 Å². The summed E-state index contributed by atoms with van der Waals surface area (Å²) in [5.74, 6) is 0. The van der Waals surface area contributed by atoms with Crippen LogP contribution < -0.4 is 0 Å². The number of ether oxygens (including phenoxy) is 1. The highest BCUT2D eigenvalue weighted by Crippen LogP contribution is 2.04. The monoisotopic (exact) mass is 202 g/mol. The lowest BCUT2D eigenvalue weighted by molar-refractivity contribution is 0.124. The molecule has 1 heterocycles. The molecule has 0 saturated carbocycles. The largest absolute Gasteiger partial charge is 0.376 e. The van der Waals surface area contributed by atoms with Gasteiger partial charge in [0.25, 0.3) is 0 Å². The van der Waals surface area contributed by atoms with E-state index in [2.05, 4.69) is 11.6 Å². The second-order valence-electron chi connectivity index (χ2n) is 3.42. The van der Waals surface area contributed by atoms with Crippen molar-refractivity contribution < 1.29 is 4.74 Å². The van der Waals surface area contributed by atoms with Gasteiger partial charge < -0.3 is 4.74 Å². The highest BCUT2D eigenvalue weighted by atomic mass is 16.5. The smallest absolute Gasteiger partial charge is 0.140 e. The topological polar surface area (TPSA) is 45.9 Å². The number of hydrogen-bond donors (Lipinski definition) is 0. The lowest BCUT2D eigenvalue weighted by Crippen LogP contribution is -1.96. The summed E-state index contributed by atoms with van der Waals surface area (Å²) in [6, 6.07) is 5.58. The zero-order valence-corrected chi connectivity index (χ0v) is 8.86. The number of nitriles is 1. The van der Waals surface area contributed by atoms with E-state index in [1.165, 1.54) is 0 Å². The van der Waals surface area contributed by atoms with Crippen molar-refractivity contribution in [3.63, 3.8) is 0 Å². The lowest BCUT2D eigenvalue weighted by Gasteiger charge is -2.03. The molecule has 0 aromatic carbocycles. The molecule has 0 atom stereocenters. The predicted molar refractivity (Wildman–Crippen MR) is 58.0 cm³/mol. The first kappa shape index (κ1) is 11.4. The summed E-state index contributed by atoms with van der Waals surface area (Å²) in [6.07, 6.45) is 2.49. The molecule has 0 saturated heterocycles. The molecule has 1 aromatic heterocycles. The number of hydrogen-bond acceptors (Lipinski definition) is 3. The normalized spacial score (nSPS) is 9.60. The summed E-state index contributed by atoms with van der Waals surface area (Å²) in [5.41, 5.74) is 2.52. The maximum absolute atomic E-state index is 8.64. The first-order valence-electron chi connectivity index (χ1n) is 4.79. The van der Waals surface area contributed by atoms with Crippen molar-refractivity contribution in [1.82, 2.24) is 4.98 Å². The van der Waals surface area contributed by atoms with Gasteiger partial charge >= 0.3 is 0 Å². The quantitative estimate of drug-likeness (QED) is 0.544. The second-order valence-corrected chi connectivity index (χ2v) is 3.42. The van der Waals surface area contributed by atoms with Crippen molar-refractivity contribution in [3.05, 3.63) is 41.7 Å². The Bertz CT molecular complexity index is 379. The highest BCUT2D eigenvalue weighted by molar-refractivity contribution is 5.24. The van der Waals surface area contributed by atoms with Gasteiger partial charge in [0.05, 0.1) is 13.2 Å². The molecule has 0 radical (unpaired) electrons. The average molecular weight is 202 g/mol. The number of aromatic nitrogens is 1. The fraction of sp³-hybridized carbons (Fsp3) is 0.333. The second kappa shape index (κ2) is 5.94. The van der Waals surface area contributed by atoms with E-state index in [9.17, 15) is 0 Å². The van der Waals surface area contributed by atoms with Gasteiger partial charge in [-0.05, 0) is 31.0 Å². The highest BCUT2D eigenvalue weighted by Gasteiger charge is 1.96. The molecule has 3 nitrogen and oxygen atoms in total. The Hall–Kier alpha value is -1.66. The summed E-state index contributed by atoms with van der Waals surface area (Å²) >= 11 is 0. The molecular formula is C12H14N2O.